The molecule has 0 aliphatic carbocycles. The summed E-state index contributed by atoms with van der Waals surface area (Å²) in [5, 5.41) is 8.44. The minimum Gasteiger partial charge on any atom is -0.457 e. The van der Waals surface area contributed by atoms with Crippen LogP contribution in [0.15, 0.2) is 66.9 Å². The van der Waals surface area contributed by atoms with Crippen molar-refractivity contribution >= 4 is 23.3 Å². The number of aromatic nitrogens is 2. The van der Waals surface area contributed by atoms with Crippen LogP contribution in [-0.2, 0) is 0 Å². The molecule has 0 bridgehead atoms. The van der Waals surface area contributed by atoms with Crippen LogP contribution in [0.3, 0.4) is 0 Å². The third-order valence-electron chi connectivity index (χ3n) is 3.05. The smallest absolute Gasteiger partial charge is 0.352 e. The molecule has 8 heteroatoms. The van der Waals surface area contributed by atoms with E-state index in [-0.39, 0.29) is 10.9 Å². The van der Waals surface area contributed by atoms with Crippen LogP contribution in [0.2, 0.25) is 5.02 Å². The Hall–Kier alpha value is -3.32. The number of hydroxylamine groups is 1. The van der Waals surface area contributed by atoms with E-state index >= 15 is 0 Å². The first-order valence-corrected chi connectivity index (χ1v) is 7.59. The summed E-state index contributed by atoms with van der Waals surface area (Å²) in [4.78, 5) is 17.2. The molecule has 1 heterocycles. The van der Waals surface area contributed by atoms with Gasteiger partial charge >= 0.3 is 6.03 Å². The number of carbonyl (C=O) groups is 1. The molecule has 126 valence electrons. The molecule has 0 unspecified atom stereocenters. The molecule has 3 rings (SSSR count). The van der Waals surface area contributed by atoms with Crippen molar-refractivity contribution in [3.05, 3.63) is 71.9 Å². The topological polar surface area (TPSA) is 90.6 Å². The van der Waals surface area contributed by atoms with Gasteiger partial charge in [0, 0.05) is 6.07 Å². The lowest BCUT2D eigenvalue weighted by atomic mass is 10.3. The van der Waals surface area contributed by atoms with Gasteiger partial charge < -0.3 is 15.3 Å². The van der Waals surface area contributed by atoms with E-state index < -0.39 is 6.03 Å². The Balaban J connectivity index is 1.86. The van der Waals surface area contributed by atoms with Crippen LogP contribution < -0.4 is 20.4 Å². The van der Waals surface area contributed by atoms with Crippen molar-refractivity contribution in [2.24, 2.45) is 5.73 Å². The Morgan fingerprint density at radius 1 is 1.04 bits per heavy atom. The highest BCUT2D eigenvalue weighted by Crippen LogP contribution is 2.28. The first kappa shape index (κ1) is 16.5. The second kappa shape index (κ2) is 7.50. The zero-order chi connectivity index (χ0) is 17.6. The van der Waals surface area contributed by atoms with Gasteiger partial charge in [-0.25, -0.2) is 4.79 Å². The SMILES string of the molecule is NC(=O)N(Oc1nnccc1Cl)c1cccc(Oc2ccccc2)c1. The minimum absolute atomic E-state index is 0.0441. The molecule has 0 fully saturated rings. The highest BCUT2D eigenvalue weighted by atomic mass is 35.5. The lowest BCUT2D eigenvalue weighted by Crippen LogP contribution is -2.39. The summed E-state index contributed by atoms with van der Waals surface area (Å²) in [6.07, 6.45) is 1.40. The number of primary amides is 1. The van der Waals surface area contributed by atoms with E-state index in [2.05, 4.69) is 10.2 Å². The predicted octanol–water partition coefficient (Wildman–Crippen LogP) is 3.80. The Kier molecular flexibility index (Phi) is 4.96. The minimum atomic E-state index is -0.849. The molecule has 0 aliphatic rings. The molecule has 2 aromatic carbocycles. The van der Waals surface area contributed by atoms with Crippen molar-refractivity contribution < 1.29 is 14.4 Å². The number of benzene rings is 2. The Labute approximate surface area is 148 Å². The molecule has 25 heavy (non-hydrogen) atoms. The third-order valence-corrected chi connectivity index (χ3v) is 3.34. The third kappa shape index (κ3) is 4.15. The molecular weight excluding hydrogens is 344 g/mol. The molecule has 2 amide bonds. The van der Waals surface area contributed by atoms with E-state index in [9.17, 15) is 4.79 Å². The fraction of sp³-hybridized carbons (Fsp3) is 0. The monoisotopic (exact) mass is 356 g/mol. The van der Waals surface area contributed by atoms with Crippen LogP contribution in [-0.4, -0.2) is 16.2 Å². The van der Waals surface area contributed by atoms with E-state index in [1.807, 2.05) is 30.3 Å². The summed E-state index contributed by atoms with van der Waals surface area (Å²) in [7, 11) is 0. The fourth-order valence-electron chi connectivity index (χ4n) is 1.97. The number of hydrogen-bond acceptors (Lipinski definition) is 5. The summed E-state index contributed by atoms with van der Waals surface area (Å²) < 4.78 is 5.73. The van der Waals surface area contributed by atoms with Gasteiger partial charge in [-0.05, 0) is 30.3 Å². The average Bonchev–Trinajstić information content (AvgIpc) is 2.62. The summed E-state index contributed by atoms with van der Waals surface area (Å²) in [5.74, 6) is 1.12. The number of ether oxygens (including phenoxy) is 1. The van der Waals surface area contributed by atoms with Gasteiger partial charge in [0.05, 0.1) is 11.9 Å². The van der Waals surface area contributed by atoms with Gasteiger partial charge in [0.2, 0.25) is 0 Å². The Bertz CT molecular complexity index is 877. The van der Waals surface area contributed by atoms with E-state index in [4.69, 9.17) is 26.9 Å². The second-order valence-electron chi connectivity index (χ2n) is 4.82. The average molecular weight is 357 g/mol. The first-order valence-electron chi connectivity index (χ1n) is 7.21. The van der Waals surface area contributed by atoms with E-state index in [1.165, 1.54) is 12.3 Å². The molecule has 0 spiro atoms. The van der Waals surface area contributed by atoms with Crippen LogP contribution in [0.4, 0.5) is 10.5 Å². The zero-order valence-corrected chi connectivity index (χ0v) is 13.6. The maximum Gasteiger partial charge on any atom is 0.352 e. The number of carbonyl (C=O) groups excluding carboxylic acids is 1. The summed E-state index contributed by atoms with van der Waals surface area (Å²) in [5.41, 5.74) is 5.75. The number of halogens is 1. The molecule has 0 aliphatic heterocycles. The lowest BCUT2D eigenvalue weighted by molar-refractivity contribution is 0.217. The van der Waals surface area contributed by atoms with E-state index in [0.29, 0.717) is 17.2 Å². The molecule has 0 radical (unpaired) electrons. The highest BCUT2D eigenvalue weighted by molar-refractivity contribution is 6.31. The number of nitrogens with zero attached hydrogens (tertiary/aromatic N) is 3. The van der Waals surface area contributed by atoms with Crippen molar-refractivity contribution in [2.45, 2.75) is 0 Å². The maximum absolute atomic E-state index is 11.8. The number of anilines is 1. The predicted molar refractivity (Wildman–Crippen MR) is 92.7 cm³/mol. The number of rotatable bonds is 5. The van der Waals surface area contributed by atoms with Gasteiger partial charge in [-0.1, -0.05) is 35.9 Å². The van der Waals surface area contributed by atoms with Gasteiger partial charge in [-0.15, -0.1) is 10.2 Å². The lowest BCUT2D eigenvalue weighted by Gasteiger charge is -2.20. The molecule has 1 aromatic heterocycles. The molecule has 0 atom stereocenters. The van der Waals surface area contributed by atoms with Crippen LogP contribution >= 0.6 is 11.6 Å². The van der Waals surface area contributed by atoms with Crippen LogP contribution in [0.25, 0.3) is 0 Å². The number of para-hydroxylation sites is 1. The fourth-order valence-corrected chi connectivity index (χ4v) is 2.10. The van der Waals surface area contributed by atoms with Gasteiger partial charge in [0.15, 0.2) is 0 Å². The zero-order valence-electron chi connectivity index (χ0n) is 12.9. The van der Waals surface area contributed by atoms with Crippen LogP contribution in [0.5, 0.6) is 17.4 Å². The molecule has 3 aromatic rings. The molecule has 2 N–H and O–H groups in total. The molecule has 0 saturated heterocycles. The van der Waals surface area contributed by atoms with Crippen molar-refractivity contribution in [1.82, 2.24) is 10.2 Å². The first-order chi connectivity index (χ1) is 12.1. The Morgan fingerprint density at radius 2 is 1.80 bits per heavy atom. The van der Waals surface area contributed by atoms with Gasteiger partial charge in [-0.2, -0.15) is 5.10 Å². The molecule has 0 saturated carbocycles. The number of hydrogen-bond donors (Lipinski definition) is 1. The van der Waals surface area contributed by atoms with Crippen molar-refractivity contribution in [2.75, 3.05) is 5.06 Å². The highest BCUT2D eigenvalue weighted by Gasteiger charge is 2.18. The summed E-state index contributed by atoms with van der Waals surface area (Å²) in [6.45, 7) is 0. The van der Waals surface area contributed by atoms with Gasteiger partial charge in [0.25, 0.3) is 5.88 Å². The largest absolute Gasteiger partial charge is 0.457 e. The van der Waals surface area contributed by atoms with Crippen molar-refractivity contribution in [1.29, 1.82) is 0 Å². The normalized spacial score (nSPS) is 10.1. The summed E-state index contributed by atoms with van der Waals surface area (Å²) in [6, 6.07) is 16.5. The van der Waals surface area contributed by atoms with E-state index in [1.54, 1.807) is 24.3 Å². The number of amides is 2. The standard InChI is InChI=1S/C17H13ClN4O3/c18-15-9-10-20-21-16(15)25-22(17(19)23)12-5-4-8-14(11-12)24-13-6-2-1-3-7-13/h1-11H,(H2,19,23). The van der Waals surface area contributed by atoms with Crippen molar-refractivity contribution in [3.63, 3.8) is 0 Å². The second-order valence-corrected chi connectivity index (χ2v) is 5.23. The Morgan fingerprint density at radius 3 is 2.52 bits per heavy atom. The number of urea groups is 1. The van der Waals surface area contributed by atoms with Gasteiger partial charge in [-0.3, -0.25) is 0 Å². The maximum atomic E-state index is 11.8. The number of nitrogens with two attached hydrogens (primary N) is 1. The molecular formula is C17H13ClN4O3. The van der Waals surface area contributed by atoms with Gasteiger partial charge in [0.1, 0.15) is 16.5 Å². The van der Waals surface area contributed by atoms with Crippen LogP contribution in [0, 0.1) is 0 Å². The summed E-state index contributed by atoms with van der Waals surface area (Å²) >= 11 is 5.97. The van der Waals surface area contributed by atoms with Crippen molar-refractivity contribution in [3.8, 4) is 17.4 Å². The molecule has 7 nitrogen and oxygen atoms in total. The van der Waals surface area contributed by atoms with Crippen LogP contribution in [0.1, 0.15) is 0 Å². The quantitative estimate of drug-likeness (QED) is 0.702. The van der Waals surface area contributed by atoms with E-state index in [0.717, 1.165) is 5.06 Å².